The number of hydrogen-bond acceptors (Lipinski definition) is 4. The van der Waals surface area contributed by atoms with Crippen molar-refractivity contribution in [3.05, 3.63) is 93.5 Å². The molecular weight excluding hydrogens is 502 g/mol. The highest BCUT2D eigenvalue weighted by molar-refractivity contribution is 9.10. The molecule has 1 aromatic heterocycles. The Labute approximate surface area is 205 Å². The van der Waals surface area contributed by atoms with Gasteiger partial charge in [-0.2, -0.15) is 0 Å². The highest BCUT2D eigenvalue weighted by Gasteiger charge is 2.33. The van der Waals surface area contributed by atoms with E-state index in [-0.39, 0.29) is 11.7 Å². The molecule has 0 bridgehead atoms. The number of aromatic nitrogens is 1. The summed E-state index contributed by atoms with van der Waals surface area (Å²) in [6.07, 6.45) is 1.53. The first-order valence-corrected chi connectivity index (χ1v) is 11.6. The Morgan fingerprint density at radius 3 is 2.48 bits per heavy atom. The summed E-state index contributed by atoms with van der Waals surface area (Å²) >= 11 is 9.52. The Kier molecular flexibility index (Phi) is 5.69. The lowest BCUT2D eigenvalue weighted by atomic mass is 9.77. The number of esters is 1. The van der Waals surface area contributed by atoms with Gasteiger partial charge in [0.25, 0.3) is 0 Å². The molecule has 0 saturated heterocycles. The summed E-state index contributed by atoms with van der Waals surface area (Å²) in [5.41, 5.74) is 6.94. The molecule has 164 valence electrons. The third-order valence-corrected chi connectivity index (χ3v) is 6.60. The van der Waals surface area contributed by atoms with Crippen molar-refractivity contribution in [2.75, 3.05) is 0 Å². The van der Waals surface area contributed by atoms with Crippen LogP contribution in [0, 0.1) is 0 Å². The number of phenols is 1. The topological polar surface area (TPSA) is 59.4 Å². The van der Waals surface area contributed by atoms with Crippen LogP contribution in [0.3, 0.4) is 0 Å². The lowest BCUT2D eigenvalue weighted by Gasteiger charge is -2.31. The number of fused-ring (bicyclic) bond motifs is 3. The van der Waals surface area contributed by atoms with Gasteiger partial charge >= 0.3 is 5.97 Å². The second-order valence-corrected chi connectivity index (χ2v) is 9.28. The molecule has 1 atom stereocenters. The maximum Gasteiger partial charge on any atom is 0.303 e. The molecule has 0 fully saturated rings. The monoisotopic (exact) mass is 519 g/mol. The van der Waals surface area contributed by atoms with E-state index in [1.165, 1.54) is 6.92 Å². The summed E-state index contributed by atoms with van der Waals surface area (Å²) in [7, 11) is 0. The van der Waals surface area contributed by atoms with Crippen LogP contribution in [0.4, 0.5) is 0 Å². The summed E-state index contributed by atoms with van der Waals surface area (Å²) < 4.78 is 6.80. The second-order valence-electron chi connectivity index (χ2n) is 7.92. The van der Waals surface area contributed by atoms with Crippen LogP contribution in [0.1, 0.15) is 24.2 Å². The molecule has 6 heteroatoms. The lowest BCUT2D eigenvalue weighted by molar-refractivity contribution is -0.146. The van der Waals surface area contributed by atoms with E-state index in [0.717, 1.165) is 43.5 Å². The Morgan fingerprint density at radius 2 is 1.79 bits per heavy atom. The number of halogens is 2. The summed E-state index contributed by atoms with van der Waals surface area (Å²) in [6.45, 7) is 1.41. The molecule has 3 aromatic carbocycles. The lowest BCUT2D eigenvalue weighted by Crippen LogP contribution is -2.18. The van der Waals surface area contributed by atoms with Crippen molar-refractivity contribution in [2.45, 2.75) is 19.4 Å². The number of phenolic OH excluding ortho intramolecular Hbond substituents is 1. The van der Waals surface area contributed by atoms with Crippen LogP contribution >= 0.6 is 27.5 Å². The molecular formula is C27H19BrClNO3. The Bertz CT molecular complexity index is 1370. The fourth-order valence-corrected chi connectivity index (χ4v) is 4.89. The van der Waals surface area contributed by atoms with Gasteiger partial charge in [0.15, 0.2) is 0 Å². The van der Waals surface area contributed by atoms with Crippen LogP contribution in [-0.4, -0.2) is 16.1 Å². The number of nitrogens with zero attached hydrogens (tertiary/aromatic N) is 1. The maximum atomic E-state index is 12.1. The molecule has 0 spiro atoms. The predicted octanol–water partition coefficient (Wildman–Crippen LogP) is 7.36. The predicted molar refractivity (Wildman–Crippen MR) is 133 cm³/mol. The van der Waals surface area contributed by atoms with Gasteiger partial charge in [0.1, 0.15) is 11.9 Å². The SMILES string of the molecule is CC(=O)OC1Cc2c(-c3ccc(Cl)cn3)cccc2-c2c(O)ccc(-c3ccc(Br)cc3)c21. The van der Waals surface area contributed by atoms with Gasteiger partial charge in [0.2, 0.25) is 0 Å². The second kappa shape index (κ2) is 8.65. The van der Waals surface area contributed by atoms with Gasteiger partial charge in [0.05, 0.1) is 10.7 Å². The number of pyridine rings is 1. The van der Waals surface area contributed by atoms with Crippen molar-refractivity contribution in [3.8, 4) is 39.3 Å². The first kappa shape index (κ1) is 21.7. The van der Waals surface area contributed by atoms with Gasteiger partial charge in [-0.15, -0.1) is 0 Å². The zero-order valence-electron chi connectivity index (χ0n) is 17.7. The first-order valence-electron chi connectivity index (χ1n) is 10.5. The number of hydrogen-bond donors (Lipinski definition) is 1. The Balaban J connectivity index is 1.78. The van der Waals surface area contributed by atoms with Crippen molar-refractivity contribution in [1.82, 2.24) is 4.98 Å². The van der Waals surface area contributed by atoms with Crippen molar-refractivity contribution < 1.29 is 14.6 Å². The molecule has 1 aliphatic rings. The van der Waals surface area contributed by atoms with Crippen LogP contribution in [0.2, 0.25) is 5.02 Å². The minimum Gasteiger partial charge on any atom is -0.507 e. The smallest absolute Gasteiger partial charge is 0.303 e. The summed E-state index contributed by atoms with van der Waals surface area (Å²) in [5, 5.41) is 11.5. The zero-order chi connectivity index (χ0) is 23.1. The van der Waals surface area contributed by atoms with Gasteiger partial charge in [-0.3, -0.25) is 9.78 Å². The molecule has 1 unspecified atom stereocenters. The zero-order valence-corrected chi connectivity index (χ0v) is 20.0. The summed E-state index contributed by atoms with van der Waals surface area (Å²) in [4.78, 5) is 16.6. The number of carbonyl (C=O) groups excluding carboxylic acids is 1. The summed E-state index contributed by atoms with van der Waals surface area (Å²) in [6, 6.07) is 21.1. The van der Waals surface area contributed by atoms with E-state index in [2.05, 4.69) is 20.9 Å². The van der Waals surface area contributed by atoms with E-state index < -0.39 is 6.10 Å². The first-order chi connectivity index (χ1) is 15.9. The van der Waals surface area contributed by atoms with Gasteiger partial charge in [0, 0.05) is 40.7 Å². The van der Waals surface area contributed by atoms with Crippen molar-refractivity contribution in [1.29, 1.82) is 0 Å². The third-order valence-electron chi connectivity index (χ3n) is 5.85. The van der Waals surface area contributed by atoms with E-state index in [0.29, 0.717) is 17.0 Å². The van der Waals surface area contributed by atoms with Crippen LogP contribution in [0.15, 0.2) is 77.4 Å². The highest BCUT2D eigenvalue weighted by atomic mass is 79.9. The van der Waals surface area contributed by atoms with Crippen molar-refractivity contribution in [2.24, 2.45) is 0 Å². The van der Waals surface area contributed by atoms with E-state index in [1.807, 2.05) is 54.6 Å². The standard InChI is InChI=1S/C27H19BrClNO3/c1-15(31)33-25-13-22-20(23-11-9-18(29)14-30-23)3-2-4-21(22)26-24(32)12-10-19(27(25)26)16-5-7-17(28)8-6-16/h2-12,14,25,32H,13H2,1H3. The Hall–Kier alpha value is -3.15. The van der Waals surface area contributed by atoms with Crippen molar-refractivity contribution >= 4 is 33.5 Å². The molecule has 1 heterocycles. The van der Waals surface area contributed by atoms with Gasteiger partial charge in [-0.25, -0.2) is 0 Å². The molecule has 1 N–H and O–H groups in total. The average molecular weight is 521 g/mol. The van der Waals surface area contributed by atoms with E-state index in [4.69, 9.17) is 16.3 Å². The number of benzene rings is 3. The number of aromatic hydroxyl groups is 1. The van der Waals surface area contributed by atoms with Crippen LogP contribution < -0.4 is 0 Å². The van der Waals surface area contributed by atoms with Gasteiger partial charge in [-0.05, 0) is 52.6 Å². The van der Waals surface area contributed by atoms with Crippen LogP contribution in [0.5, 0.6) is 5.75 Å². The van der Waals surface area contributed by atoms with Gasteiger partial charge in [-0.1, -0.05) is 63.9 Å². The maximum absolute atomic E-state index is 12.1. The van der Waals surface area contributed by atoms with E-state index in [1.54, 1.807) is 18.3 Å². The number of rotatable bonds is 3. The minimum absolute atomic E-state index is 0.144. The molecule has 0 amide bonds. The average Bonchev–Trinajstić information content (AvgIpc) is 2.80. The van der Waals surface area contributed by atoms with E-state index >= 15 is 0 Å². The minimum atomic E-state index is -0.552. The fraction of sp³-hybridized carbons (Fsp3) is 0.111. The number of carbonyl (C=O) groups is 1. The summed E-state index contributed by atoms with van der Waals surface area (Å²) in [5.74, 6) is -0.230. The quantitative estimate of drug-likeness (QED) is 0.287. The molecule has 33 heavy (non-hydrogen) atoms. The van der Waals surface area contributed by atoms with Crippen molar-refractivity contribution in [3.63, 3.8) is 0 Å². The van der Waals surface area contributed by atoms with E-state index in [9.17, 15) is 9.90 Å². The highest BCUT2D eigenvalue weighted by Crippen LogP contribution is 2.50. The molecule has 0 radical (unpaired) electrons. The van der Waals surface area contributed by atoms with Crippen LogP contribution in [-0.2, 0) is 16.0 Å². The normalized spacial score (nSPS) is 14.3. The Morgan fingerprint density at radius 1 is 1.03 bits per heavy atom. The van der Waals surface area contributed by atoms with Gasteiger partial charge < -0.3 is 9.84 Å². The third kappa shape index (κ3) is 4.03. The molecule has 4 nitrogen and oxygen atoms in total. The largest absolute Gasteiger partial charge is 0.507 e. The molecule has 5 rings (SSSR count). The number of ether oxygens (including phenoxy) is 1. The van der Waals surface area contributed by atoms with Crippen LogP contribution in [0.25, 0.3) is 33.5 Å². The molecule has 4 aromatic rings. The molecule has 0 aliphatic heterocycles. The molecule has 0 saturated carbocycles. The fourth-order valence-electron chi connectivity index (χ4n) is 4.51. The molecule has 1 aliphatic carbocycles.